The largest absolute Gasteiger partial charge is 0.460 e. The third-order valence-corrected chi connectivity index (χ3v) is 4.47. The van der Waals surface area contributed by atoms with Crippen LogP contribution < -0.4 is 5.32 Å². The lowest BCUT2D eigenvalue weighted by Crippen LogP contribution is -2.56. The average Bonchev–Trinajstić information content (AvgIpc) is 2.86. The third-order valence-electron chi connectivity index (χ3n) is 3.94. The minimum absolute atomic E-state index is 0.659. The van der Waals surface area contributed by atoms with Crippen LogP contribution in [-0.2, 0) is 6.54 Å². The Balaban J connectivity index is 1.70. The molecule has 0 bridgehead atoms. The Kier molecular flexibility index (Phi) is 4.78. The van der Waals surface area contributed by atoms with Gasteiger partial charge < -0.3 is 9.73 Å². The molecule has 1 aromatic heterocycles. The quantitative estimate of drug-likeness (QED) is 0.858. The van der Waals surface area contributed by atoms with Crippen LogP contribution in [0.25, 0.3) is 11.3 Å². The molecule has 0 amide bonds. The van der Waals surface area contributed by atoms with Gasteiger partial charge in [-0.3, -0.25) is 4.90 Å². The van der Waals surface area contributed by atoms with E-state index in [0.29, 0.717) is 6.04 Å². The van der Waals surface area contributed by atoms with Crippen molar-refractivity contribution in [3.63, 3.8) is 0 Å². The van der Waals surface area contributed by atoms with Crippen molar-refractivity contribution in [1.82, 2.24) is 10.2 Å². The first kappa shape index (κ1) is 14.8. The van der Waals surface area contributed by atoms with Gasteiger partial charge >= 0.3 is 0 Å². The first-order chi connectivity index (χ1) is 10.3. The van der Waals surface area contributed by atoms with Gasteiger partial charge in [0.2, 0.25) is 0 Å². The van der Waals surface area contributed by atoms with Crippen molar-refractivity contribution in [3.05, 3.63) is 46.6 Å². The number of halogens is 1. The summed E-state index contributed by atoms with van der Waals surface area (Å²) in [6, 6.07) is 13.1. The van der Waals surface area contributed by atoms with E-state index in [-0.39, 0.29) is 0 Å². The maximum atomic E-state index is 6.03. The van der Waals surface area contributed by atoms with Gasteiger partial charge in [0, 0.05) is 29.2 Å². The van der Waals surface area contributed by atoms with Gasteiger partial charge in [0.25, 0.3) is 0 Å². The van der Waals surface area contributed by atoms with Crippen LogP contribution in [0.4, 0.5) is 0 Å². The minimum Gasteiger partial charge on any atom is -0.460 e. The summed E-state index contributed by atoms with van der Waals surface area (Å²) in [7, 11) is 0. The van der Waals surface area contributed by atoms with E-state index in [2.05, 4.69) is 57.3 Å². The van der Waals surface area contributed by atoms with E-state index in [1.807, 2.05) is 12.1 Å². The monoisotopic (exact) mass is 348 g/mol. The van der Waals surface area contributed by atoms with Gasteiger partial charge in [0.15, 0.2) is 0 Å². The molecule has 0 aliphatic carbocycles. The molecule has 3 nitrogen and oxygen atoms in total. The zero-order valence-corrected chi connectivity index (χ0v) is 13.9. The lowest BCUT2D eigenvalue weighted by atomic mass is 10.1. The molecule has 0 atom stereocenters. The van der Waals surface area contributed by atoms with Gasteiger partial charge in [-0.2, -0.15) is 0 Å². The molecule has 1 saturated heterocycles. The maximum absolute atomic E-state index is 6.03. The van der Waals surface area contributed by atoms with E-state index in [1.165, 1.54) is 6.42 Å². The van der Waals surface area contributed by atoms with Gasteiger partial charge in [0.05, 0.1) is 6.54 Å². The number of nitrogens with zero attached hydrogens (tertiary/aromatic N) is 1. The van der Waals surface area contributed by atoms with E-state index in [9.17, 15) is 0 Å². The Labute approximate surface area is 134 Å². The van der Waals surface area contributed by atoms with Crippen LogP contribution in [0.3, 0.4) is 0 Å². The van der Waals surface area contributed by atoms with Crippen molar-refractivity contribution in [3.8, 4) is 11.3 Å². The molecule has 2 heterocycles. The summed E-state index contributed by atoms with van der Waals surface area (Å²) in [4.78, 5) is 2.51. The average molecular weight is 349 g/mol. The molecule has 1 aliphatic rings. The van der Waals surface area contributed by atoms with Gasteiger partial charge in [0.1, 0.15) is 11.5 Å². The van der Waals surface area contributed by atoms with E-state index < -0.39 is 0 Å². The lowest BCUT2D eigenvalue weighted by Gasteiger charge is -2.37. The number of hydrogen-bond donors (Lipinski definition) is 1. The predicted molar refractivity (Wildman–Crippen MR) is 89.2 cm³/mol. The Hall–Kier alpha value is -1.10. The van der Waals surface area contributed by atoms with E-state index >= 15 is 0 Å². The molecule has 3 rings (SSSR count). The minimum atomic E-state index is 0.659. The summed E-state index contributed by atoms with van der Waals surface area (Å²) in [5.74, 6) is 1.99. The second-order valence-corrected chi connectivity index (χ2v) is 6.47. The standard InChI is InChI=1S/C17H21BrN2O/c1-2-9-20(15-10-19-11-15)12-16-7-8-17(21-16)13-3-5-14(18)6-4-13/h3-8,15,19H,2,9-12H2,1H3. The summed E-state index contributed by atoms with van der Waals surface area (Å²) in [5.41, 5.74) is 1.12. The summed E-state index contributed by atoms with van der Waals surface area (Å²) in [6.45, 7) is 6.45. The van der Waals surface area contributed by atoms with Crippen molar-refractivity contribution in [2.75, 3.05) is 19.6 Å². The van der Waals surface area contributed by atoms with Crippen molar-refractivity contribution < 1.29 is 4.42 Å². The molecule has 0 unspecified atom stereocenters. The van der Waals surface area contributed by atoms with E-state index in [4.69, 9.17) is 4.42 Å². The zero-order valence-electron chi connectivity index (χ0n) is 12.3. The first-order valence-corrected chi connectivity index (χ1v) is 8.35. The topological polar surface area (TPSA) is 28.4 Å². The lowest BCUT2D eigenvalue weighted by molar-refractivity contribution is 0.129. The number of nitrogens with one attached hydrogen (secondary N) is 1. The van der Waals surface area contributed by atoms with E-state index in [0.717, 1.165) is 47.7 Å². The zero-order chi connectivity index (χ0) is 14.7. The third kappa shape index (κ3) is 3.57. The van der Waals surface area contributed by atoms with Crippen molar-refractivity contribution in [2.45, 2.75) is 25.9 Å². The number of furan rings is 1. The van der Waals surface area contributed by atoms with Gasteiger partial charge in [-0.1, -0.05) is 35.0 Å². The smallest absolute Gasteiger partial charge is 0.134 e. The molecule has 0 spiro atoms. The number of rotatable bonds is 6. The van der Waals surface area contributed by atoms with Crippen LogP contribution in [0, 0.1) is 0 Å². The summed E-state index contributed by atoms with van der Waals surface area (Å²) >= 11 is 3.46. The SMILES string of the molecule is CCCN(Cc1ccc(-c2ccc(Br)cc2)o1)C1CNC1. The van der Waals surface area contributed by atoms with Crippen LogP contribution in [0.2, 0.25) is 0 Å². The fraction of sp³-hybridized carbons (Fsp3) is 0.412. The first-order valence-electron chi connectivity index (χ1n) is 7.55. The van der Waals surface area contributed by atoms with Gasteiger partial charge in [-0.25, -0.2) is 0 Å². The molecule has 0 saturated carbocycles. The fourth-order valence-corrected chi connectivity index (χ4v) is 2.91. The number of benzene rings is 1. The molecule has 1 aromatic carbocycles. The summed E-state index contributed by atoms with van der Waals surface area (Å²) < 4.78 is 7.12. The van der Waals surface area contributed by atoms with Crippen molar-refractivity contribution >= 4 is 15.9 Å². The molecular formula is C17H21BrN2O. The van der Waals surface area contributed by atoms with Crippen molar-refractivity contribution in [2.24, 2.45) is 0 Å². The Morgan fingerprint density at radius 3 is 2.57 bits per heavy atom. The highest BCUT2D eigenvalue weighted by Crippen LogP contribution is 2.25. The highest BCUT2D eigenvalue weighted by molar-refractivity contribution is 9.10. The second kappa shape index (κ2) is 6.77. The molecule has 1 N–H and O–H groups in total. The Morgan fingerprint density at radius 1 is 1.19 bits per heavy atom. The number of hydrogen-bond acceptors (Lipinski definition) is 3. The molecule has 112 valence electrons. The van der Waals surface area contributed by atoms with Crippen LogP contribution in [-0.4, -0.2) is 30.6 Å². The molecule has 1 aliphatic heterocycles. The molecule has 21 heavy (non-hydrogen) atoms. The van der Waals surface area contributed by atoms with Gasteiger partial charge in [-0.15, -0.1) is 0 Å². The summed E-state index contributed by atoms with van der Waals surface area (Å²) in [5, 5.41) is 3.35. The summed E-state index contributed by atoms with van der Waals surface area (Å²) in [6.07, 6.45) is 1.18. The van der Waals surface area contributed by atoms with Crippen LogP contribution in [0.15, 0.2) is 45.3 Å². The van der Waals surface area contributed by atoms with E-state index in [1.54, 1.807) is 0 Å². The normalized spacial score (nSPS) is 15.4. The van der Waals surface area contributed by atoms with Crippen LogP contribution in [0.1, 0.15) is 19.1 Å². The Bertz CT molecular complexity index is 575. The molecule has 0 radical (unpaired) electrons. The molecule has 2 aromatic rings. The molecular weight excluding hydrogens is 328 g/mol. The van der Waals surface area contributed by atoms with Crippen LogP contribution >= 0.6 is 15.9 Å². The molecule has 4 heteroatoms. The highest BCUT2D eigenvalue weighted by Gasteiger charge is 2.24. The predicted octanol–water partition coefficient (Wildman–Crippen LogP) is 3.89. The highest BCUT2D eigenvalue weighted by atomic mass is 79.9. The van der Waals surface area contributed by atoms with Crippen molar-refractivity contribution in [1.29, 1.82) is 0 Å². The molecule has 1 fully saturated rings. The van der Waals surface area contributed by atoms with Crippen LogP contribution in [0.5, 0.6) is 0 Å². The Morgan fingerprint density at radius 2 is 1.95 bits per heavy atom. The van der Waals surface area contributed by atoms with Gasteiger partial charge in [-0.05, 0) is 37.2 Å². The fourth-order valence-electron chi connectivity index (χ4n) is 2.64. The maximum Gasteiger partial charge on any atom is 0.134 e. The second-order valence-electron chi connectivity index (χ2n) is 5.56.